The number of halogens is 1. The Morgan fingerprint density at radius 2 is 2.20 bits per heavy atom. The van der Waals surface area contributed by atoms with Gasteiger partial charge in [-0.15, -0.1) is 0 Å². The van der Waals surface area contributed by atoms with E-state index in [1.165, 1.54) is 5.56 Å². The molecule has 3 heterocycles. The first-order valence-electron chi connectivity index (χ1n) is 6.35. The zero-order chi connectivity index (χ0) is 13.9. The fourth-order valence-electron chi connectivity index (χ4n) is 2.05. The van der Waals surface area contributed by atoms with Crippen molar-refractivity contribution in [1.82, 2.24) is 24.7 Å². The standard InChI is InChI=1S/C14H14BrN5/c1-10(11-3-2-4-16-5-11)17-6-12-7-19-14-8-18-13(15)9-20(12)14/h2-5,7-10,17H,6H2,1H3/t10-/m0/s1. The van der Waals surface area contributed by atoms with Gasteiger partial charge in [-0.2, -0.15) is 0 Å². The lowest BCUT2D eigenvalue weighted by Gasteiger charge is -2.13. The molecule has 6 heteroatoms. The van der Waals surface area contributed by atoms with Crippen molar-refractivity contribution in [3.63, 3.8) is 0 Å². The van der Waals surface area contributed by atoms with Gasteiger partial charge in [0.05, 0.1) is 18.1 Å². The molecule has 0 radical (unpaired) electrons. The minimum Gasteiger partial charge on any atom is -0.305 e. The molecule has 1 N–H and O–H groups in total. The van der Waals surface area contributed by atoms with E-state index in [9.17, 15) is 0 Å². The third-order valence-electron chi connectivity index (χ3n) is 3.21. The summed E-state index contributed by atoms with van der Waals surface area (Å²) in [5.74, 6) is 0. The largest absolute Gasteiger partial charge is 0.305 e. The first-order valence-corrected chi connectivity index (χ1v) is 7.14. The Bertz CT molecular complexity index is 710. The summed E-state index contributed by atoms with van der Waals surface area (Å²) in [4.78, 5) is 12.6. The van der Waals surface area contributed by atoms with Crippen LogP contribution in [-0.4, -0.2) is 19.4 Å². The van der Waals surface area contributed by atoms with Gasteiger partial charge in [-0.3, -0.25) is 9.38 Å². The van der Waals surface area contributed by atoms with Gasteiger partial charge in [0, 0.05) is 31.2 Å². The van der Waals surface area contributed by atoms with Crippen LogP contribution in [0.2, 0.25) is 0 Å². The maximum atomic E-state index is 4.34. The molecule has 0 fully saturated rings. The summed E-state index contributed by atoms with van der Waals surface area (Å²) in [6.07, 6.45) is 9.20. The molecular formula is C14H14BrN5. The van der Waals surface area contributed by atoms with Gasteiger partial charge in [0.1, 0.15) is 4.60 Å². The molecule has 0 aliphatic heterocycles. The van der Waals surface area contributed by atoms with Gasteiger partial charge >= 0.3 is 0 Å². The molecule has 0 saturated heterocycles. The fraction of sp³-hybridized carbons (Fsp3) is 0.214. The highest BCUT2D eigenvalue weighted by atomic mass is 79.9. The number of fused-ring (bicyclic) bond motifs is 1. The first kappa shape index (κ1) is 13.2. The second kappa shape index (κ2) is 5.68. The Morgan fingerprint density at radius 1 is 1.30 bits per heavy atom. The highest BCUT2D eigenvalue weighted by molar-refractivity contribution is 9.10. The third kappa shape index (κ3) is 2.71. The van der Waals surface area contributed by atoms with Gasteiger partial charge in [0.15, 0.2) is 5.65 Å². The molecule has 5 nitrogen and oxygen atoms in total. The number of aromatic nitrogens is 4. The maximum absolute atomic E-state index is 4.34. The van der Waals surface area contributed by atoms with Crippen LogP contribution in [0.1, 0.15) is 24.2 Å². The van der Waals surface area contributed by atoms with Crippen LogP contribution in [0.15, 0.2) is 47.7 Å². The lowest BCUT2D eigenvalue weighted by molar-refractivity contribution is 0.564. The highest BCUT2D eigenvalue weighted by Gasteiger charge is 2.08. The topological polar surface area (TPSA) is 55.1 Å². The van der Waals surface area contributed by atoms with E-state index in [0.29, 0.717) is 0 Å². The summed E-state index contributed by atoms with van der Waals surface area (Å²) in [6, 6.07) is 4.25. The summed E-state index contributed by atoms with van der Waals surface area (Å²) >= 11 is 3.38. The Hall–Kier alpha value is -1.79. The summed E-state index contributed by atoms with van der Waals surface area (Å²) in [5, 5.41) is 3.48. The molecule has 0 aliphatic carbocycles. The normalized spacial score (nSPS) is 12.7. The molecule has 0 aliphatic rings. The van der Waals surface area contributed by atoms with Crippen molar-refractivity contribution in [2.24, 2.45) is 0 Å². The summed E-state index contributed by atoms with van der Waals surface area (Å²) in [7, 11) is 0. The van der Waals surface area contributed by atoms with Crippen LogP contribution in [0, 0.1) is 0 Å². The van der Waals surface area contributed by atoms with Gasteiger partial charge in [0.25, 0.3) is 0 Å². The van der Waals surface area contributed by atoms with Crippen LogP contribution in [0.5, 0.6) is 0 Å². The number of nitrogens with one attached hydrogen (secondary N) is 1. The molecule has 3 aromatic rings. The van der Waals surface area contributed by atoms with Crippen molar-refractivity contribution in [1.29, 1.82) is 0 Å². The van der Waals surface area contributed by atoms with Crippen molar-refractivity contribution < 1.29 is 0 Å². The van der Waals surface area contributed by atoms with Crippen LogP contribution >= 0.6 is 15.9 Å². The van der Waals surface area contributed by atoms with E-state index in [1.54, 1.807) is 12.4 Å². The van der Waals surface area contributed by atoms with E-state index >= 15 is 0 Å². The number of hydrogen-bond donors (Lipinski definition) is 1. The molecule has 102 valence electrons. The van der Waals surface area contributed by atoms with E-state index in [1.807, 2.05) is 29.1 Å². The Morgan fingerprint density at radius 3 is 3.00 bits per heavy atom. The average Bonchev–Trinajstić information content (AvgIpc) is 2.88. The monoisotopic (exact) mass is 331 g/mol. The Labute approximate surface area is 125 Å². The molecule has 0 saturated carbocycles. The van der Waals surface area contributed by atoms with Crippen LogP contribution in [0.4, 0.5) is 0 Å². The lowest BCUT2D eigenvalue weighted by Crippen LogP contribution is -2.19. The maximum Gasteiger partial charge on any atom is 0.155 e. The quantitative estimate of drug-likeness (QED) is 0.798. The fourth-order valence-corrected chi connectivity index (χ4v) is 2.36. The number of imidazole rings is 1. The second-order valence-electron chi connectivity index (χ2n) is 4.58. The molecule has 0 spiro atoms. The first-order chi connectivity index (χ1) is 9.74. The lowest BCUT2D eigenvalue weighted by atomic mass is 10.1. The van der Waals surface area contributed by atoms with Gasteiger partial charge in [-0.25, -0.2) is 9.97 Å². The number of nitrogens with zero attached hydrogens (tertiary/aromatic N) is 4. The predicted molar refractivity (Wildman–Crippen MR) is 80.2 cm³/mol. The van der Waals surface area contributed by atoms with Crippen molar-refractivity contribution in [2.75, 3.05) is 0 Å². The van der Waals surface area contributed by atoms with Crippen LogP contribution < -0.4 is 5.32 Å². The molecular weight excluding hydrogens is 318 g/mol. The van der Waals surface area contributed by atoms with Crippen LogP contribution in [-0.2, 0) is 6.54 Å². The third-order valence-corrected chi connectivity index (χ3v) is 3.62. The predicted octanol–water partition coefficient (Wildman–Crippen LogP) is 2.74. The summed E-state index contributed by atoms with van der Waals surface area (Å²) < 4.78 is 2.82. The van der Waals surface area contributed by atoms with E-state index in [-0.39, 0.29) is 6.04 Å². The number of pyridine rings is 1. The zero-order valence-corrected chi connectivity index (χ0v) is 12.6. The minimum atomic E-state index is 0.236. The molecule has 20 heavy (non-hydrogen) atoms. The van der Waals surface area contributed by atoms with Gasteiger partial charge in [0.2, 0.25) is 0 Å². The molecule has 3 aromatic heterocycles. The highest BCUT2D eigenvalue weighted by Crippen LogP contribution is 2.13. The van der Waals surface area contributed by atoms with Gasteiger partial charge in [-0.1, -0.05) is 6.07 Å². The molecule has 0 unspecified atom stereocenters. The van der Waals surface area contributed by atoms with E-state index in [0.717, 1.165) is 22.5 Å². The average molecular weight is 332 g/mol. The van der Waals surface area contributed by atoms with Crippen molar-refractivity contribution in [2.45, 2.75) is 19.5 Å². The smallest absolute Gasteiger partial charge is 0.155 e. The molecule has 1 atom stereocenters. The Balaban J connectivity index is 1.75. The molecule has 0 bridgehead atoms. The number of hydrogen-bond acceptors (Lipinski definition) is 4. The van der Waals surface area contributed by atoms with E-state index < -0.39 is 0 Å². The van der Waals surface area contributed by atoms with Crippen molar-refractivity contribution in [3.8, 4) is 0 Å². The van der Waals surface area contributed by atoms with Crippen LogP contribution in [0.3, 0.4) is 0 Å². The summed E-state index contributed by atoms with van der Waals surface area (Å²) in [5.41, 5.74) is 3.11. The molecule has 3 rings (SSSR count). The van der Waals surface area contributed by atoms with E-state index in [2.05, 4.69) is 49.2 Å². The molecule has 0 amide bonds. The Kier molecular flexibility index (Phi) is 3.75. The minimum absolute atomic E-state index is 0.236. The SMILES string of the molecule is C[C@H](NCc1cnc2cnc(Br)cn12)c1cccnc1. The summed E-state index contributed by atoms with van der Waals surface area (Å²) in [6.45, 7) is 2.85. The molecule has 0 aromatic carbocycles. The van der Waals surface area contributed by atoms with Gasteiger partial charge < -0.3 is 5.32 Å². The van der Waals surface area contributed by atoms with Crippen molar-refractivity contribution in [3.05, 3.63) is 59.0 Å². The zero-order valence-electron chi connectivity index (χ0n) is 11.0. The van der Waals surface area contributed by atoms with Gasteiger partial charge in [-0.05, 0) is 34.5 Å². The van der Waals surface area contributed by atoms with Crippen molar-refractivity contribution >= 4 is 21.6 Å². The van der Waals surface area contributed by atoms with Crippen LogP contribution in [0.25, 0.3) is 5.65 Å². The number of rotatable bonds is 4. The second-order valence-corrected chi connectivity index (χ2v) is 5.39. The van der Waals surface area contributed by atoms with E-state index in [4.69, 9.17) is 0 Å².